The molecule has 1 atom stereocenters. The summed E-state index contributed by atoms with van der Waals surface area (Å²) in [6.45, 7) is 4.46. The molecule has 0 radical (unpaired) electrons. The number of ether oxygens (including phenoxy) is 1. The summed E-state index contributed by atoms with van der Waals surface area (Å²) < 4.78 is 15.2. The van der Waals surface area contributed by atoms with Crippen molar-refractivity contribution in [3.05, 3.63) is 81.8 Å². The van der Waals surface area contributed by atoms with E-state index >= 15 is 0 Å². The van der Waals surface area contributed by atoms with Gasteiger partial charge >= 0.3 is 0 Å². The first-order valence-electron chi connectivity index (χ1n) is 10.1. The predicted octanol–water partition coefficient (Wildman–Crippen LogP) is 4.73. The molecule has 0 amide bonds. The molecule has 1 unspecified atom stereocenters. The Morgan fingerprint density at radius 2 is 2.10 bits per heavy atom. The number of nitrogens with zero attached hydrogens (tertiary/aromatic N) is 3. The highest BCUT2D eigenvalue weighted by Crippen LogP contribution is 2.32. The van der Waals surface area contributed by atoms with Crippen molar-refractivity contribution < 1.29 is 9.15 Å². The van der Waals surface area contributed by atoms with E-state index in [4.69, 9.17) is 9.15 Å². The van der Waals surface area contributed by atoms with Crippen LogP contribution in [0, 0.1) is 6.92 Å². The first-order valence-corrected chi connectivity index (χ1v) is 10.1. The molecule has 0 fully saturated rings. The van der Waals surface area contributed by atoms with E-state index in [0.717, 1.165) is 45.8 Å². The lowest BCUT2D eigenvalue weighted by Crippen LogP contribution is -2.16. The number of furan rings is 1. The summed E-state index contributed by atoms with van der Waals surface area (Å²) in [5.74, 6) is 2.67. The number of hydrogen-bond donors (Lipinski definition) is 0. The van der Waals surface area contributed by atoms with Crippen molar-refractivity contribution >= 4 is 17.0 Å². The number of rotatable bonds is 4. The van der Waals surface area contributed by atoms with Crippen LogP contribution in [0.4, 0.5) is 0 Å². The zero-order valence-electron chi connectivity index (χ0n) is 17.3. The molecule has 6 heteroatoms. The lowest BCUT2D eigenvalue weighted by atomic mass is 9.96. The molecular weight excluding hydrogens is 378 g/mol. The average molecular weight is 401 g/mol. The van der Waals surface area contributed by atoms with Gasteiger partial charge in [0.1, 0.15) is 23.9 Å². The first-order chi connectivity index (χ1) is 14.5. The summed E-state index contributed by atoms with van der Waals surface area (Å²) in [6.07, 6.45) is 6.98. The molecule has 0 bridgehead atoms. The maximum Gasteiger partial charge on any atom is 0.258 e. The van der Waals surface area contributed by atoms with Gasteiger partial charge < -0.3 is 9.15 Å². The van der Waals surface area contributed by atoms with Gasteiger partial charge in [-0.2, -0.15) is 5.10 Å². The standard InChI is InChI=1S/C24H23N3O3/c1-15-5-4-6-17-11-20(30-24(15)17)14-29-19-9-10-27(23(28)13-19)18-7-8-22-21(12-18)16(2)26(3)25-22/h4,6-13,15H,5,14H2,1-3H3. The number of aryl methyl sites for hydroxylation is 2. The molecule has 0 aliphatic heterocycles. The van der Waals surface area contributed by atoms with Crippen LogP contribution in [0.2, 0.25) is 0 Å². The van der Waals surface area contributed by atoms with Gasteiger partial charge in [-0.3, -0.25) is 14.0 Å². The smallest absolute Gasteiger partial charge is 0.258 e. The number of aromatic nitrogens is 3. The highest BCUT2D eigenvalue weighted by Gasteiger charge is 2.18. The number of pyridine rings is 1. The van der Waals surface area contributed by atoms with Gasteiger partial charge in [-0.25, -0.2) is 0 Å². The Morgan fingerprint density at radius 1 is 1.23 bits per heavy atom. The Labute approximate surface area is 174 Å². The molecule has 4 aromatic rings. The van der Waals surface area contributed by atoms with Crippen molar-refractivity contribution in [3.63, 3.8) is 0 Å². The molecule has 0 N–H and O–H groups in total. The number of benzene rings is 1. The zero-order valence-corrected chi connectivity index (χ0v) is 17.3. The molecule has 30 heavy (non-hydrogen) atoms. The molecule has 5 rings (SSSR count). The summed E-state index contributed by atoms with van der Waals surface area (Å²) in [5.41, 5.74) is 3.74. The Hall–Kier alpha value is -3.54. The van der Waals surface area contributed by atoms with Gasteiger partial charge in [-0.1, -0.05) is 19.1 Å². The molecule has 1 aliphatic carbocycles. The van der Waals surface area contributed by atoms with Gasteiger partial charge in [0.15, 0.2) is 0 Å². The SMILES string of the molecule is Cc1c2cc(-n3ccc(OCc4cc5c(o4)C(C)CC=C5)cc3=O)ccc2nn1C. The van der Waals surface area contributed by atoms with Crippen LogP contribution in [0.1, 0.15) is 42.0 Å². The predicted molar refractivity (Wildman–Crippen MR) is 116 cm³/mol. The largest absolute Gasteiger partial charge is 0.485 e. The summed E-state index contributed by atoms with van der Waals surface area (Å²) in [4.78, 5) is 12.7. The normalized spacial score (nSPS) is 15.5. The maximum atomic E-state index is 12.7. The highest BCUT2D eigenvalue weighted by molar-refractivity contribution is 5.83. The molecule has 1 aliphatic rings. The molecule has 3 aromatic heterocycles. The lowest BCUT2D eigenvalue weighted by molar-refractivity contribution is 0.263. The summed E-state index contributed by atoms with van der Waals surface area (Å²) in [5, 5.41) is 5.50. The van der Waals surface area contributed by atoms with Gasteiger partial charge in [-0.15, -0.1) is 0 Å². The molecule has 0 spiro atoms. The average Bonchev–Trinajstić information content (AvgIpc) is 3.28. The van der Waals surface area contributed by atoms with Crippen LogP contribution in [0.15, 0.2) is 57.9 Å². The fourth-order valence-electron chi connectivity index (χ4n) is 3.95. The topological polar surface area (TPSA) is 62.2 Å². The summed E-state index contributed by atoms with van der Waals surface area (Å²) >= 11 is 0. The quantitative estimate of drug-likeness (QED) is 0.496. The van der Waals surface area contributed by atoms with Crippen LogP contribution in [0.5, 0.6) is 5.75 Å². The Bertz CT molecular complexity index is 1340. The molecule has 6 nitrogen and oxygen atoms in total. The second-order valence-corrected chi connectivity index (χ2v) is 7.84. The third-order valence-corrected chi connectivity index (χ3v) is 5.74. The third-order valence-electron chi connectivity index (χ3n) is 5.74. The van der Waals surface area contributed by atoms with Crippen LogP contribution in [-0.4, -0.2) is 14.3 Å². The fraction of sp³-hybridized carbons (Fsp3) is 0.250. The van der Waals surface area contributed by atoms with Crippen molar-refractivity contribution in [1.29, 1.82) is 0 Å². The van der Waals surface area contributed by atoms with E-state index in [2.05, 4.69) is 24.2 Å². The summed E-state index contributed by atoms with van der Waals surface area (Å²) in [7, 11) is 1.92. The van der Waals surface area contributed by atoms with E-state index in [1.54, 1.807) is 16.8 Å². The molecule has 0 saturated carbocycles. The van der Waals surface area contributed by atoms with E-state index in [0.29, 0.717) is 11.7 Å². The van der Waals surface area contributed by atoms with Crippen molar-refractivity contribution in [1.82, 2.24) is 14.3 Å². The van der Waals surface area contributed by atoms with Crippen LogP contribution in [-0.2, 0) is 13.7 Å². The molecule has 152 valence electrons. The minimum absolute atomic E-state index is 0.149. The van der Waals surface area contributed by atoms with Crippen molar-refractivity contribution in [2.75, 3.05) is 0 Å². The Kier molecular flexibility index (Phi) is 4.35. The van der Waals surface area contributed by atoms with Gasteiger partial charge in [-0.05, 0) is 43.7 Å². The second-order valence-electron chi connectivity index (χ2n) is 7.84. The first kappa shape index (κ1) is 18.5. The number of allylic oxidation sites excluding steroid dienone is 1. The van der Waals surface area contributed by atoms with E-state index in [-0.39, 0.29) is 12.2 Å². The Balaban J connectivity index is 1.37. The van der Waals surface area contributed by atoms with Gasteiger partial charge in [0.05, 0.1) is 5.52 Å². The van der Waals surface area contributed by atoms with Gasteiger partial charge in [0.25, 0.3) is 5.56 Å². The second kappa shape index (κ2) is 7.06. The minimum atomic E-state index is -0.149. The number of fused-ring (bicyclic) bond motifs is 2. The zero-order chi connectivity index (χ0) is 20.8. The van der Waals surface area contributed by atoms with Crippen molar-refractivity contribution in [2.45, 2.75) is 32.8 Å². The molecular formula is C24H23N3O3. The van der Waals surface area contributed by atoms with Crippen LogP contribution < -0.4 is 10.3 Å². The third kappa shape index (κ3) is 3.14. The van der Waals surface area contributed by atoms with E-state index < -0.39 is 0 Å². The monoisotopic (exact) mass is 401 g/mol. The van der Waals surface area contributed by atoms with Gasteiger partial charge in [0, 0.05) is 47.6 Å². The number of hydrogen-bond acceptors (Lipinski definition) is 4. The van der Waals surface area contributed by atoms with E-state index in [1.165, 1.54) is 6.07 Å². The van der Waals surface area contributed by atoms with E-state index in [9.17, 15) is 4.79 Å². The van der Waals surface area contributed by atoms with Crippen LogP contribution in [0.3, 0.4) is 0 Å². The Morgan fingerprint density at radius 3 is 2.90 bits per heavy atom. The van der Waals surface area contributed by atoms with Gasteiger partial charge in [0.2, 0.25) is 0 Å². The maximum absolute atomic E-state index is 12.7. The van der Waals surface area contributed by atoms with E-state index in [1.807, 2.05) is 42.9 Å². The summed E-state index contributed by atoms with van der Waals surface area (Å²) in [6, 6.07) is 11.1. The van der Waals surface area contributed by atoms with Crippen LogP contribution in [0.25, 0.3) is 22.7 Å². The molecule has 3 heterocycles. The van der Waals surface area contributed by atoms with Crippen molar-refractivity contribution in [3.8, 4) is 11.4 Å². The van der Waals surface area contributed by atoms with Crippen LogP contribution >= 0.6 is 0 Å². The molecule has 1 aromatic carbocycles. The lowest BCUT2D eigenvalue weighted by Gasteiger charge is -2.11. The highest BCUT2D eigenvalue weighted by atomic mass is 16.5. The molecule has 0 saturated heterocycles. The fourth-order valence-corrected chi connectivity index (χ4v) is 3.95. The minimum Gasteiger partial charge on any atom is -0.485 e. The van der Waals surface area contributed by atoms with Crippen molar-refractivity contribution in [2.24, 2.45) is 7.05 Å².